The highest BCUT2D eigenvalue weighted by atomic mass is 16.6. The SMILES string of the molecule is CCn1nnc([C@H]2O[C@@H](n3cnc4c(N)nc(NCCc5cn(C)cn5)nc43)[C@H](O)[C@@H]2OC=O)n1. The van der Waals surface area contributed by atoms with Crippen LogP contribution in [0.4, 0.5) is 11.8 Å². The molecule has 0 aliphatic carbocycles. The molecule has 5 rings (SSSR count). The van der Waals surface area contributed by atoms with Gasteiger partial charge >= 0.3 is 0 Å². The van der Waals surface area contributed by atoms with Gasteiger partial charge < -0.3 is 30.2 Å². The summed E-state index contributed by atoms with van der Waals surface area (Å²) in [5, 5.41) is 26.2. The molecule has 0 aromatic carbocycles. The van der Waals surface area contributed by atoms with Gasteiger partial charge in [0.05, 0.1) is 24.9 Å². The van der Waals surface area contributed by atoms with Gasteiger partial charge in [0.1, 0.15) is 11.6 Å². The largest absolute Gasteiger partial charge is 0.458 e. The van der Waals surface area contributed by atoms with E-state index in [-0.39, 0.29) is 24.1 Å². The Hall–Kier alpha value is -4.18. The summed E-state index contributed by atoms with van der Waals surface area (Å²) in [6.45, 7) is 3.10. The Bertz CT molecular complexity index is 1330. The Morgan fingerprint density at radius 2 is 2.17 bits per heavy atom. The molecule has 16 nitrogen and oxygen atoms in total. The Morgan fingerprint density at radius 3 is 2.89 bits per heavy atom. The van der Waals surface area contributed by atoms with Crippen LogP contribution in [-0.4, -0.2) is 79.6 Å². The lowest BCUT2D eigenvalue weighted by Crippen LogP contribution is -2.31. The van der Waals surface area contributed by atoms with Gasteiger partial charge in [0.2, 0.25) is 11.8 Å². The standard InChI is InChI=1S/C19H24N12O4/c1-3-31-27-16(26-28-31)14-13(34-9-32)12(33)18(35-14)30-8-23-11-15(20)24-19(25-17(11)30)21-5-4-10-6-29(2)7-22-10/h6-9,12-14,18,33H,3-5H2,1-2H3,(H3,20,21,24,25)/t12-,13+,14+,18-/m1/s1. The first-order valence-corrected chi connectivity index (χ1v) is 10.9. The summed E-state index contributed by atoms with van der Waals surface area (Å²) in [6, 6.07) is 0. The molecular formula is C19H24N12O4. The van der Waals surface area contributed by atoms with Gasteiger partial charge in [-0.05, 0) is 12.1 Å². The van der Waals surface area contributed by atoms with Gasteiger partial charge in [-0.3, -0.25) is 9.36 Å². The number of carbonyl (C=O) groups is 1. The summed E-state index contributed by atoms with van der Waals surface area (Å²) in [4.78, 5) is 29.8. The van der Waals surface area contributed by atoms with E-state index in [1.807, 2.05) is 24.7 Å². The summed E-state index contributed by atoms with van der Waals surface area (Å²) in [5.74, 6) is 0.618. The zero-order chi connectivity index (χ0) is 24.5. The zero-order valence-corrected chi connectivity index (χ0v) is 19.0. The third-order valence-corrected chi connectivity index (χ3v) is 5.58. The van der Waals surface area contributed by atoms with Gasteiger partial charge in [0.15, 0.2) is 29.9 Å². The minimum Gasteiger partial charge on any atom is -0.458 e. The van der Waals surface area contributed by atoms with Gasteiger partial charge in [0.25, 0.3) is 6.47 Å². The molecule has 35 heavy (non-hydrogen) atoms. The molecule has 1 fully saturated rings. The Balaban J connectivity index is 1.41. The van der Waals surface area contributed by atoms with Crippen molar-refractivity contribution in [2.75, 3.05) is 17.6 Å². The lowest BCUT2D eigenvalue weighted by Gasteiger charge is -2.17. The fourth-order valence-electron chi connectivity index (χ4n) is 3.91. The fourth-order valence-corrected chi connectivity index (χ4v) is 3.91. The van der Waals surface area contributed by atoms with E-state index in [2.05, 4.69) is 40.7 Å². The number of anilines is 2. The topological polar surface area (TPSA) is 199 Å². The number of rotatable bonds is 9. The molecule has 1 aliphatic rings. The average Bonchev–Trinajstić information content (AvgIpc) is 3.62. The van der Waals surface area contributed by atoms with Gasteiger partial charge in [-0.2, -0.15) is 14.8 Å². The molecule has 0 radical (unpaired) electrons. The van der Waals surface area contributed by atoms with E-state index in [1.54, 1.807) is 6.33 Å². The molecule has 0 saturated carbocycles. The summed E-state index contributed by atoms with van der Waals surface area (Å²) >= 11 is 0. The van der Waals surface area contributed by atoms with Crippen LogP contribution in [-0.2, 0) is 34.3 Å². The van der Waals surface area contributed by atoms with E-state index >= 15 is 0 Å². The van der Waals surface area contributed by atoms with Crippen molar-refractivity contribution in [1.82, 2.24) is 49.3 Å². The first-order valence-electron chi connectivity index (χ1n) is 10.9. The molecule has 0 spiro atoms. The number of ether oxygens (including phenoxy) is 2. The number of hydrogen-bond acceptors (Lipinski definition) is 13. The van der Waals surface area contributed by atoms with E-state index < -0.39 is 24.5 Å². The maximum atomic E-state index is 11.1. The van der Waals surface area contributed by atoms with Crippen molar-refractivity contribution in [3.05, 3.63) is 30.4 Å². The van der Waals surface area contributed by atoms with Crippen molar-refractivity contribution < 1.29 is 19.4 Å². The highest BCUT2D eigenvalue weighted by molar-refractivity contribution is 5.83. The number of imidazole rings is 2. The quantitative estimate of drug-likeness (QED) is 0.244. The Kier molecular flexibility index (Phi) is 5.96. The summed E-state index contributed by atoms with van der Waals surface area (Å²) in [6.07, 6.45) is 1.44. The molecule has 0 unspecified atom stereocenters. The number of aryl methyl sites for hydroxylation is 2. The maximum Gasteiger partial charge on any atom is 0.293 e. The van der Waals surface area contributed by atoms with Crippen molar-refractivity contribution in [1.29, 1.82) is 0 Å². The maximum absolute atomic E-state index is 11.1. The lowest BCUT2D eigenvalue weighted by molar-refractivity contribution is -0.140. The second-order valence-corrected chi connectivity index (χ2v) is 7.93. The summed E-state index contributed by atoms with van der Waals surface area (Å²) < 4.78 is 14.5. The monoisotopic (exact) mass is 484 g/mol. The number of hydrogen-bond donors (Lipinski definition) is 3. The van der Waals surface area contributed by atoms with Crippen LogP contribution in [0, 0.1) is 0 Å². The Morgan fingerprint density at radius 1 is 1.31 bits per heavy atom. The molecule has 16 heteroatoms. The number of aliphatic hydroxyl groups excluding tert-OH is 1. The fraction of sp³-hybridized carbons (Fsp3) is 0.474. The molecule has 5 heterocycles. The molecular weight excluding hydrogens is 460 g/mol. The van der Waals surface area contributed by atoms with Crippen LogP contribution in [0.5, 0.6) is 0 Å². The van der Waals surface area contributed by atoms with E-state index in [4.69, 9.17) is 15.2 Å². The van der Waals surface area contributed by atoms with Crippen molar-refractivity contribution in [2.45, 2.75) is 44.4 Å². The van der Waals surface area contributed by atoms with Crippen molar-refractivity contribution in [3.63, 3.8) is 0 Å². The van der Waals surface area contributed by atoms with Crippen molar-refractivity contribution in [2.24, 2.45) is 7.05 Å². The number of aliphatic hydroxyl groups is 1. The number of nitrogens with two attached hydrogens (primary N) is 1. The molecule has 0 bridgehead atoms. The van der Waals surface area contributed by atoms with Crippen molar-refractivity contribution in [3.8, 4) is 0 Å². The number of tetrazole rings is 1. The van der Waals surface area contributed by atoms with Crippen LogP contribution in [0.1, 0.15) is 30.8 Å². The minimum atomic E-state index is -1.27. The van der Waals surface area contributed by atoms with E-state index in [9.17, 15) is 9.90 Å². The second-order valence-electron chi connectivity index (χ2n) is 7.93. The molecule has 0 amide bonds. The number of fused-ring (bicyclic) bond motifs is 1. The minimum absolute atomic E-state index is 0.159. The van der Waals surface area contributed by atoms with Crippen LogP contribution in [0.15, 0.2) is 18.9 Å². The zero-order valence-electron chi connectivity index (χ0n) is 19.0. The molecule has 1 aliphatic heterocycles. The highest BCUT2D eigenvalue weighted by Gasteiger charge is 2.49. The second kappa shape index (κ2) is 9.22. The number of carbonyl (C=O) groups excluding carboxylic acids is 1. The van der Waals surface area contributed by atoms with Gasteiger partial charge in [-0.1, -0.05) is 0 Å². The van der Waals surface area contributed by atoms with Crippen LogP contribution in [0.3, 0.4) is 0 Å². The number of nitrogen functional groups attached to an aromatic ring is 1. The molecule has 184 valence electrons. The van der Waals surface area contributed by atoms with Gasteiger partial charge in [-0.15, -0.1) is 10.2 Å². The average molecular weight is 484 g/mol. The molecule has 1 saturated heterocycles. The van der Waals surface area contributed by atoms with Gasteiger partial charge in [-0.25, -0.2) is 9.97 Å². The van der Waals surface area contributed by atoms with Crippen LogP contribution < -0.4 is 11.1 Å². The van der Waals surface area contributed by atoms with Gasteiger partial charge in [0, 0.05) is 26.2 Å². The predicted molar refractivity (Wildman–Crippen MR) is 118 cm³/mol. The molecule has 4 aromatic rings. The van der Waals surface area contributed by atoms with E-state index in [0.717, 1.165) is 5.69 Å². The lowest BCUT2D eigenvalue weighted by atomic mass is 10.1. The number of aromatic nitrogens is 10. The molecule has 4 atom stereocenters. The smallest absolute Gasteiger partial charge is 0.293 e. The molecule has 4 N–H and O–H groups in total. The normalized spacial score (nSPS) is 22.0. The predicted octanol–water partition coefficient (Wildman–Crippen LogP) is -1.02. The first kappa shape index (κ1) is 22.6. The van der Waals surface area contributed by atoms with Crippen LogP contribution in [0.2, 0.25) is 0 Å². The Labute approximate surface area is 198 Å². The third kappa shape index (κ3) is 4.24. The first-order chi connectivity index (χ1) is 17.0. The third-order valence-electron chi connectivity index (χ3n) is 5.58. The number of nitrogens with zero attached hydrogens (tertiary/aromatic N) is 10. The highest BCUT2D eigenvalue weighted by Crippen LogP contribution is 2.40. The van der Waals surface area contributed by atoms with Crippen molar-refractivity contribution >= 4 is 29.4 Å². The van der Waals surface area contributed by atoms with Crippen LogP contribution in [0.25, 0.3) is 11.2 Å². The summed E-state index contributed by atoms with van der Waals surface area (Å²) in [5.41, 5.74) is 7.70. The van der Waals surface area contributed by atoms with E-state index in [1.165, 1.54) is 15.7 Å². The van der Waals surface area contributed by atoms with E-state index in [0.29, 0.717) is 30.7 Å². The number of nitrogens with one attached hydrogen (secondary N) is 1. The van der Waals surface area contributed by atoms with Crippen LogP contribution >= 0.6 is 0 Å². The summed E-state index contributed by atoms with van der Waals surface area (Å²) in [7, 11) is 1.90. The molecule has 4 aromatic heterocycles.